The van der Waals surface area contributed by atoms with Gasteiger partial charge < -0.3 is 9.67 Å². The van der Waals surface area contributed by atoms with E-state index in [0.717, 1.165) is 0 Å². The van der Waals surface area contributed by atoms with Crippen LogP contribution in [0.3, 0.4) is 0 Å². The average molecular weight is 428 g/mol. The molecule has 3 rings (SSSR count). The summed E-state index contributed by atoms with van der Waals surface area (Å²) in [5.41, 5.74) is 1.20. The highest BCUT2D eigenvalue weighted by molar-refractivity contribution is 6.32. The van der Waals surface area contributed by atoms with Crippen LogP contribution in [0, 0.1) is 11.3 Å². The van der Waals surface area contributed by atoms with Gasteiger partial charge in [-0.15, -0.1) is 0 Å². The third-order valence-corrected chi connectivity index (χ3v) is 4.95. The SMILES string of the molecule is CCn1c(Cc2cccc(Cl)n2)cc(=O)c(C(=O)O)c1-c1ccc(C#N)c(Cl)c1. The fraction of sp³-hybridized carbons (Fsp3) is 0.143. The van der Waals surface area contributed by atoms with Crippen molar-refractivity contribution in [2.24, 2.45) is 0 Å². The van der Waals surface area contributed by atoms with Crippen LogP contribution >= 0.6 is 23.2 Å². The van der Waals surface area contributed by atoms with Gasteiger partial charge in [-0.2, -0.15) is 5.26 Å². The molecular weight excluding hydrogens is 413 g/mol. The van der Waals surface area contributed by atoms with Crippen molar-refractivity contribution in [3.8, 4) is 17.3 Å². The Balaban J connectivity index is 2.29. The molecule has 1 aromatic carbocycles. The molecule has 0 aliphatic rings. The molecule has 2 heterocycles. The van der Waals surface area contributed by atoms with Gasteiger partial charge in [0, 0.05) is 36.0 Å². The highest BCUT2D eigenvalue weighted by Gasteiger charge is 2.22. The van der Waals surface area contributed by atoms with Crippen molar-refractivity contribution < 1.29 is 9.90 Å². The molecule has 0 saturated carbocycles. The number of benzene rings is 1. The first-order chi connectivity index (χ1) is 13.8. The normalized spacial score (nSPS) is 10.6. The van der Waals surface area contributed by atoms with E-state index < -0.39 is 11.4 Å². The lowest BCUT2D eigenvalue weighted by molar-refractivity contribution is 0.0695. The fourth-order valence-electron chi connectivity index (χ4n) is 3.20. The Bertz CT molecular complexity index is 1210. The van der Waals surface area contributed by atoms with Gasteiger partial charge in [-0.1, -0.05) is 35.3 Å². The molecule has 0 spiro atoms. The molecule has 0 radical (unpaired) electrons. The summed E-state index contributed by atoms with van der Waals surface area (Å²) in [6.45, 7) is 2.25. The molecule has 6 nitrogen and oxygen atoms in total. The maximum atomic E-state index is 12.7. The topological polar surface area (TPSA) is 96.0 Å². The zero-order valence-corrected chi connectivity index (χ0v) is 16.8. The molecule has 0 aliphatic heterocycles. The van der Waals surface area contributed by atoms with Crippen molar-refractivity contribution in [3.05, 3.63) is 85.4 Å². The van der Waals surface area contributed by atoms with E-state index in [4.69, 9.17) is 28.5 Å². The molecule has 0 atom stereocenters. The van der Waals surface area contributed by atoms with E-state index in [2.05, 4.69) is 4.98 Å². The van der Waals surface area contributed by atoms with Crippen LogP contribution in [0.25, 0.3) is 11.3 Å². The lowest BCUT2D eigenvalue weighted by Crippen LogP contribution is -2.23. The molecule has 2 aromatic heterocycles. The molecular formula is C21H15Cl2N3O3. The zero-order valence-electron chi connectivity index (χ0n) is 15.3. The molecule has 0 saturated heterocycles. The second-order valence-electron chi connectivity index (χ2n) is 6.21. The Morgan fingerprint density at radius 2 is 2.00 bits per heavy atom. The van der Waals surface area contributed by atoms with Crippen molar-refractivity contribution in [2.45, 2.75) is 19.9 Å². The number of nitriles is 1. The van der Waals surface area contributed by atoms with Crippen LogP contribution in [-0.4, -0.2) is 20.6 Å². The van der Waals surface area contributed by atoms with Crippen molar-refractivity contribution in [2.75, 3.05) is 0 Å². The lowest BCUT2D eigenvalue weighted by atomic mass is 10.0. The molecule has 0 bridgehead atoms. The van der Waals surface area contributed by atoms with Crippen LogP contribution < -0.4 is 5.43 Å². The van der Waals surface area contributed by atoms with Gasteiger partial charge in [0.05, 0.1) is 16.3 Å². The van der Waals surface area contributed by atoms with Crippen molar-refractivity contribution >= 4 is 29.2 Å². The van der Waals surface area contributed by atoms with Gasteiger partial charge in [-0.3, -0.25) is 4.79 Å². The number of carboxylic acids is 1. The van der Waals surface area contributed by atoms with E-state index in [0.29, 0.717) is 35.1 Å². The van der Waals surface area contributed by atoms with Crippen LogP contribution in [0.1, 0.15) is 34.2 Å². The Kier molecular flexibility index (Phi) is 6.02. The first kappa shape index (κ1) is 20.6. The summed E-state index contributed by atoms with van der Waals surface area (Å²) in [5.74, 6) is -1.33. The van der Waals surface area contributed by atoms with E-state index in [1.807, 2.05) is 13.0 Å². The Hall–Kier alpha value is -3.14. The summed E-state index contributed by atoms with van der Waals surface area (Å²) in [5, 5.41) is 19.3. The number of carboxylic acid groups (broad SMARTS) is 1. The van der Waals surface area contributed by atoms with E-state index >= 15 is 0 Å². The van der Waals surface area contributed by atoms with Gasteiger partial charge >= 0.3 is 5.97 Å². The third-order valence-electron chi connectivity index (χ3n) is 4.43. The van der Waals surface area contributed by atoms with Crippen LogP contribution in [0.15, 0.2) is 47.3 Å². The van der Waals surface area contributed by atoms with Gasteiger partial charge in [0.1, 0.15) is 16.8 Å². The quantitative estimate of drug-likeness (QED) is 0.608. The summed E-state index contributed by atoms with van der Waals surface area (Å²) in [4.78, 5) is 28.8. The van der Waals surface area contributed by atoms with Crippen molar-refractivity contribution in [1.82, 2.24) is 9.55 Å². The predicted molar refractivity (Wildman–Crippen MR) is 111 cm³/mol. The number of halogens is 2. The highest BCUT2D eigenvalue weighted by atomic mass is 35.5. The maximum Gasteiger partial charge on any atom is 0.341 e. The molecule has 0 fully saturated rings. The monoisotopic (exact) mass is 427 g/mol. The van der Waals surface area contributed by atoms with Crippen LogP contribution in [0.2, 0.25) is 10.2 Å². The molecule has 29 heavy (non-hydrogen) atoms. The molecule has 0 aliphatic carbocycles. The molecule has 0 amide bonds. The number of pyridine rings is 2. The summed E-state index contributed by atoms with van der Waals surface area (Å²) >= 11 is 12.1. The number of aromatic nitrogens is 2. The van der Waals surface area contributed by atoms with E-state index in [1.54, 1.807) is 28.8 Å². The van der Waals surface area contributed by atoms with E-state index in [-0.39, 0.29) is 21.8 Å². The Labute approximate surface area is 176 Å². The first-order valence-electron chi connectivity index (χ1n) is 8.67. The number of hydrogen-bond donors (Lipinski definition) is 1. The van der Waals surface area contributed by atoms with Gasteiger partial charge in [0.15, 0.2) is 5.43 Å². The second-order valence-corrected chi connectivity index (χ2v) is 7.00. The number of rotatable bonds is 5. The minimum Gasteiger partial charge on any atom is -0.477 e. The van der Waals surface area contributed by atoms with Crippen LogP contribution in [-0.2, 0) is 13.0 Å². The van der Waals surface area contributed by atoms with Crippen molar-refractivity contribution in [3.63, 3.8) is 0 Å². The highest BCUT2D eigenvalue weighted by Crippen LogP contribution is 2.29. The molecule has 0 unspecified atom stereocenters. The van der Waals surface area contributed by atoms with Gasteiger partial charge in [0.25, 0.3) is 0 Å². The summed E-state index contributed by atoms with van der Waals surface area (Å²) in [6.07, 6.45) is 0.292. The molecule has 1 N–H and O–H groups in total. The van der Waals surface area contributed by atoms with Gasteiger partial charge in [-0.25, -0.2) is 9.78 Å². The summed E-state index contributed by atoms with van der Waals surface area (Å²) in [6, 6.07) is 13.0. The van der Waals surface area contributed by atoms with Crippen molar-refractivity contribution in [1.29, 1.82) is 5.26 Å². The molecule has 146 valence electrons. The first-order valence-corrected chi connectivity index (χ1v) is 9.42. The van der Waals surface area contributed by atoms with E-state index in [1.165, 1.54) is 18.2 Å². The minimum absolute atomic E-state index is 0.179. The summed E-state index contributed by atoms with van der Waals surface area (Å²) in [7, 11) is 0. The number of carbonyl (C=O) groups is 1. The number of aromatic carboxylic acids is 1. The maximum absolute atomic E-state index is 12.7. The molecule has 3 aromatic rings. The zero-order chi connectivity index (χ0) is 21.1. The number of hydrogen-bond acceptors (Lipinski definition) is 4. The Morgan fingerprint density at radius 3 is 2.59 bits per heavy atom. The predicted octanol–water partition coefficient (Wildman–Crippen LogP) is 4.40. The fourth-order valence-corrected chi connectivity index (χ4v) is 3.60. The van der Waals surface area contributed by atoms with Crippen LogP contribution in [0.4, 0.5) is 0 Å². The summed E-state index contributed by atoms with van der Waals surface area (Å²) < 4.78 is 1.74. The second kappa shape index (κ2) is 8.48. The minimum atomic E-state index is -1.33. The van der Waals surface area contributed by atoms with E-state index in [9.17, 15) is 14.7 Å². The van der Waals surface area contributed by atoms with Gasteiger partial charge in [0.2, 0.25) is 0 Å². The largest absolute Gasteiger partial charge is 0.477 e. The number of nitrogens with zero attached hydrogens (tertiary/aromatic N) is 3. The van der Waals surface area contributed by atoms with Gasteiger partial charge in [-0.05, 0) is 31.2 Å². The smallest absolute Gasteiger partial charge is 0.341 e. The average Bonchev–Trinajstić information content (AvgIpc) is 2.67. The standard InChI is InChI=1S/C21H15Cl2N3O3/c1-2-26-15(9-14-4-3-5-18(23)25-14)10-17(27)19(21(28)29)20(26)12-6-7-13(11-24)16(22)8-12/h3-8,10H,2,9H2,1H3,(H,28,29). The Morgan fingerprint density at radius 1 is 1.24 bits per heavy atom. The third kappa shape index (κ3) is 4.16. The van der Waals surface area contributed by atoms with Crippen LogP contribution in [0.5, 0.6) is 0 Å². The molecule has 8 heteroatoms. The lowest BCUT2D eigenvalue weighted by Gasteiger charge is -2.20.